The zero-order valence-corrected chi connectivity index (χ0v) is 9.99. The zero-order chi connectivity index (χ0) is 9.68. The monoisotopic (exact) mass is 203 g/mol. The van der Waals surface area contributed by atoms with Crippen molar-refractivity contribution in [3.63, 3.8) is 0 Å². The fourth-order valence-corrected chi connectivity index (χ4v) is 0.960. The molecule has 0 radical (unpaired) electrons. The van der Waals surface area contributed by atoms with Crippen LogP contribution >= 0.6 is 0 Å². The van der Waals surface area contributed by atoms with E-state index in [9.17, 15) is 15.0 Å². The van der Waals surface area contributed by atoms with Crippen LogP contribution < -0.4 is 40.0 Å². The third kappa shape index (κ3) is 4.62. The van der Waals surface area contributed by atoms with E-state index < -0.39 is 5.97 Å². The minimum absolute atomic E-state index is 0. The number of carbonyl (C=O) groups is 1. The summed E-state index contributed by atoms with van der Waals surface area (Å²) in [5, 5.41) is 21.9. The first kappa shape index (κ1) is 13.4. The molecule has 2 N–H and O–H groups in total. The molecule has 0 atom stereocenters. The fraction of sp³-hybridized carbons (Fsp3) is 0.222. The summed E-state index contributed by atoms with van der Waals surface area (Å²) >= 11 is 0. The summed E-state index contributed by atoms with van der Waals surface area (Å²) in [5.41, 5.74) is 0.670. The number of carboxylic acid groups (broad SMARTS) is 1. The molecule has 0 fully saturated rings. The predicted molar refractivity (Wildman–Crippen MR) is 44.8 cm³/mol. The van der Waals surface area contributed by atoms with Crippen molar-refractivity contribution in [3.8, 4) is 5.75 Å². The summed E-state index contributed by atoms with van der Waals surface area (Å²) in [6.07, 6.45) is 0. The van der Waals surface area contributed by atoms with E-state index >= 15 is 0 Å². The molecule has 1 aromatic carbocycles. The van der Waals surface area contributed by atoms with E-state index in [1.54, 1.807) is 24.3 Å². The van der Waals surface area contributed by atoms with E-state index in [1.807, 2.05) is 0 Å². The minimum atomic E-state index is -1.16. The molecular weight excluding hydrogens is 193 g/mol. The van der Waals surface area contributed by atoms with Crippen molar-refractivity contribution in [2.75, 3.05) is 6.54 Å². The molecule has 4 nitrogen and oxygen atoms in total. The first-order valence-electron chi connectivity index (χ1n) is 3.87. The first-order chi connectivity index (χ1) is 6.20. The van der Waals surface area contributed by atoms with Gasteiger partial charge in [0.1, 0.15) is 5.75 Å². The van der Waals surface area contributed by atoms with Gasteiger partial charge in [-0.3, -0.25) is 0 Å². The topological polar surface area (TPSA) is 72.4 Å². The molecule has 0 heterocycles. The average molecular weight is 203 g/mol. The van der Waals surface area contributed by atoms with Crippen molar-refractivity contribution in [1.82, 2.24) is 5.32 Å². The number of hydrogen-bond donors (Lipinski definition) is 2. The maximum absolute atomic E-state index is 10.0. The smallest absolute Gasteiger partial charge is 0.549 e. The summed E-state index contributed by atoms with van der Waals surface area (Å²) in [7, 11) is 0. The van der Waals surface area contributed by atoms with E-state index in [0.717, 1.165) is 0 Å². The molecule has 70 valence electrons. The van der Waals surface area contributed by atoms with Crippen LogP contribution in [0.4, 0.5) is 0 Å². The molecule has 0 saturated heterocycles. The molecule has 0 aromatic heterocycles. The van der Waals surface area contributed by atoms with Gasteiger partial charge in [0, 0.05) is 18.7 Å². The number of carbonyl (C=O) groups excluding carboxylic acids is 1. The summed E-state index contributed by atoms with van der Waals surface area (Å²) in [5.74, 6) is -0.997. The van der Waals surface area contributed by atoms with E-state index in [-0.39, 0.29) is 41.9 Å². The van der Waals surface area contributed by atoms with Gasteiger partial charge >= 0.3 is 29.6 Å². The van der Waals surface area contributed by atoms with Crippen LogP contribution in [-0.2, 0) is 11.3 Å². The Balaban J connectivity index is 0.00000169. The Labute approximate surface area is 104 Å². The molecule has 0 bridgehead atoms. The summed E-state index contributed by atoms with van der Waals surface area (Å²) in [4.78, 5) is 10.0. The molecular formula is C9H10NNaO3. The van der Waals surface area contributed by atoms with E-state index in [2.05, 4.69) is 5.32 Å². The first-order valence-corrected chi connectivity index (χ1v) is 3.87. The largest absolute Gasteiger partial charge is 1.00 e. The molecule has 0 aliphatic rings. The molecule has 5 heteroatoms. The van der Waals surface area contributed by atoms with Gasteiger partial charge < -0.3 is 20.3 Å². The number of phenolic OH excluding ortho intramolecular Hbond substituents is 1. The van der Waals surface area contributed by atoms with Crippen LogP contribution in [-0.4, -0.2) is 17.6 Å². The second kappa shape index (κ2) is 6.84. The normalized spacial score (nSPS) is 9.14. The van der Waals surface area contributed by atoms with E-state index in [1.165, 1.54) is 0 Å². The van der Waals surface area contributed by atoms with Crippen molar-refractivity contribution >= 4 is 5.97 Å². The van der Waals surface area contributed by atoms with Crippen LogP contribution in [0.2, 0.25) is 0 Å². The fourth-order valence-electron chi connectivity index (χ4n) is 0.960. The van der Waals surface area contributed by atoms with E-state index in [4.69, 9.17) is 0 Å². The van der Waals surface area contributed by atoms with Gasteiger partial charge in [0.15, 0.2) is 0 Å². The summed E-state index contributed by atoms with van der Waals surface area (Å²) in [6, 6.07) is 6.75. The third-order valence-corrected chi connectivity index (χ3v) is 1.58. The Morgan fingerprint density at radius 2 is 2.07 bits per heavy atom. The number of para-hydroxylation sites is 1. The van der Waals surface area contributed by atoms with Crippen molar-refractivity contribution < 1.29 is 44.6 Å². The molecule has 0 aliphatic heterocycles. The van der Waals surface area contributed by atoms with Gasteiger partial charge in [-0.1, -0.05) is 18.2 Å². The molecule has 1 rings (SSSR count). The second-order valence-electron chi connectivity index (χ2n) is 2.60. The Hall–Kier alpha value is -0.550. The number of aromatic hydroxyl groups is 1. The molecule has 0 saturated carbocycles. The number of carboxylic acids is 1. The van der Waals surface area contributed by atoms with Crippen LogP contribution in [0.15, 0.2) is 24.3 Å². The zero-order valence-electron chi connectivity index (χ0n) is 7.99. The molecule has 0 spiro atoms. The summed E-state index contributed by atoms with van der Waals surface area (Å²) in [6.45, 7) is 0.106. The predicted octanol–water partition coefficient (Wildman–Crippen LogP) is -3.76. The Morgan fingerprint density at radius 1 is 1.43 bits per heavy atom. The van der Waals surface area contributed by atoms with Gasteiger partial charge in [0.25, 0.3) is 0 Å². The number of rotatable bonds is 4. The minimum Gasteiger partial charge on any atom is -0.549 e. The van der Waals surface area contributed by atoms with Gasteiger partial charge in [0.2, 0.25) is 0 Å². The number of hydrogen-bond acceptors (Lipinski definition) is 4. The van der Waals surface area contributed by atoms with Gasteiger partial charge in [-0.15, -0.1) is 0 Å². The SMILES string of the molecule is O=C([O-])CNCc1ccccc1O.[Na+]. The maximum Gasteiger partial charge on any atom is 1.00 e. The van der Waals surface area contributed by atoms with E-state index in [0.29, 0.717) is 12.1 Å². The number of nitrogens with one attached hydrogen (secondary N) is 1. The van der Waals surface area contributed by atoms with Gasteiger partial charge in [-0.2, -0.15) is 0 Å². The van der Waals surface area contributed by atoms with Crippen LogP contribution in [0.5, 0.6) is 5.75 Å². The van der Waals surface area contributed by atoms with Gasteiger partial charge in [-0.25, -0.2) is 0 Å². The second-order valence-corrected chi connectivity index (χ2v) is 2.60. The Bertz CT molecular complexity index is 304. The van der Waals surface area contributed by atoms with Crippen molar-refractivity contribution in [1.29, 1.82) is 0 Å². The standard InChI is InChI=1S/C9H11NO3.Na/c11-8-4-2-1-3-7(8)5-10-6-9(12)13;/h1-4,10-11H,5-6H2,(H,12,13);/q;+1/p-1. The molecule has 0 amide bonds. The quantitative estimate of drug-likeness (QED) is 0.493. The van der Waals surface area contributed by atoms with Gasteiger partial charge in [-0.05, 0) is 6.07 Å². The van der Waals surface area contributed by atoms with Crippen LogP contribution in [0, 0.1) is 0 Å². The molecule has 1 aromatic rings. The maximum atomic E-state index is 10.0. The Kier molecular flexibility index (Phi) is 6.57. The number of benzene rings is 1. The van der Waals surface area contributed by atoms with Crippen LogP contribution in [0.1, 0.15) is 5.56 Å². The van der Waals surface area contributed by atoms with Crippen LogP contribution in [0.25, 0.3) is 0 Å². The average Bonchev–Trinajstić information content (AvgIpc) is 2.08. The molecule has 14 heavy (non-hydrogen) atoms. The van der Waals surface area contributed by atoms with Gasteiger partial charge in [0.05, 0.1) is 5.97 Å². The number of phenols is 1. The molecule has 0 aliphatic carbocycles. The van der Waals surface area contributed by atoms with Crippen molar-refractivity contribution in [2.24, 2.45) is 0 Å². The van der Waals surface area contributed by atoms with Crippen molar-refractivity contribution in [3.05, 3.63) is 29.8 Å². The third-order valence-electron chi connectivity index (χ3n) is 1.58. The van der Waals surface area contributed by atoms with Crippen LogP contribution in [0.3, 0.4) is 0 Å². The van der Waals surface area contributed by atoms with Crippen molar-refractivity contribution in [2.45, 2.75) is 6.54 Å². The Morgan fingerprint density at radius 3 is 2.64 bits per heavy atom. The molecule has 0 unspecified atom stereocenters. The summed E-state index contributed by atoms with van der Waals surface area (Å²) < 4.78 is 0. The number of aliphatic carboxylic acids is 1.